The number of hydrogen-bond donors (Lipinski definition) is 1. The molecule has 0 unspecified atom stereocenters. The van der Waals surface area contributed by atoms with E-state index in [-0.39, 0.29) is 12.7 Å². The average molecular weight is 458 g/mol. The molecular weight excluding hydrogens is 422 g/mol. The highest BCUT2D eigenvalue weighted by atomic mass is 16.5. The second-order valence-corrected chi connectivity index (χ2v) is 8.59. The molecule has 0 spiro atoms. The minimum absolute atomic E-state index is 0.165. The molecule has 0 aliphatic carbocycles. The van der Waals surface area contributed by atoms with Crippen molar-refractivity contribution in [1.82, 2.24) is 10.1 Å². The summed E-state index contributed by atoms with van der Waals surface area (Å²) in [4.78, 5) is 4.44. The van der Waals surface area contributed by atoms with Crippen molar-refractivity contribution in [2.24, 2.45) is 0 Å². The van der Waals surface area contributed by atoms with Gasteiger partial charge in [-0.3, -0.25) is 4.90 Å². The zero-order valence-electron chi connectivity index (χ0n) is 19.2. The van der Waals surface area contributed by atoms with Gasteiger partial charge in [0.25, 0.3) is 0 Å². The van der Waals surface area contributed by atoms with Gasteiger partial charge >= 0.3 is 0 Å². The monoisotopic (exact) mass is 457 g/mol. The lowest BCUT2D eigenvalue weighted by molar-refractivity contribution is 0.00857. The normalized spacial score (nSPS) is 19.8. The van der Waals surface area contributed by atoms with Crippen LogP contribution in [0.15, 0.2) is 47.5 Å². The Balaban J connectivity index is 1.58. The van der Waals surface area contributed by atoms with Crippen molar-refractivity contribution in [3.05, 3.63) is 48.6 Å². The zero-order chi connectivity index (χ0) is 22.9. The molecular formula is C25H35N3O5. The Hall–Kier alpha value is -2.23. The second kappa shape index (κ2) is 12.3. The molecule has 2 saturated heterocycles. The number of aromatic nitrogens is 1. The lowest BCUT2D eigenvalue weighted by Gasteiger charge is -2.30. The number of anilines is 1. The highest BCUT2D eigenvalue weighted by Crippen LogP contribution is 2.33. The van der Waals surface area contributed by atoms with E-state index in [9.17, 15) is 5.11 Å². The summed E-state index contributed by atoms with van der Waals surface area (Å²) in [7, 11) is 0. The van der Waals surface area contributed by atoms with E-state index in [1.54, 1.807) is 6.08 Å². The van der Waals surface area contributed by atoms with Crippen molar-refractivity contribution < 1.29 is 23.8 Å². The van der Waals surface area contributed by atoms with Gasteiger partial charge in [-0.25, -0.2) is 0 Å². The molecule has 3 heterocycles. The van der Waals surface area contributed by atoms with Gasteiger partial charge in [0.15, 0.2) is 0 Å². The van der Waals surface area contributed by atoms with Gasteiger partial charge in [0.2, 0.25) is 5.88 Å². The number of rotatable bonds is 12. The molecule has 2 aromatic rings. The standard InChI is InChI=1S/C25H35N3O5/c1-2-12-31-19-21(29)16-27(17-22-9-6-13-32-22)18-23-24(20-7-4-3-5-8-20)26-33-25(23)28-10-14-30-15-11-28/h2-5,7-8,21-22,29H,1,6,9-19H2/t21-,22-/m1/s1. The average Bonchev–Trinajstić information content (AvgIpc) is 3.50. The van der Waals surface area contributed by atoms with Crippen LogP contribution < -0.4 is 4.90 Å². The number of aliphatic hydroxyl groups excluding tert-OH is 1. The Morgan fingerprint density at radius 3 is 2.79 bits per heavy atom. The van der Waals surface area contributed by atoms with E-state index in [0.717, 1.165) is 61.8 Å². The molecule has 2 aliphatic heterocycles. The first-order valence-electron chi connectivity index (χ1n) is 11.8. The van der Waals surface area contributed by atoms with Crippen molar-refractivity contribution >= 4 is 5.88 Å². The molecule has 2 aliphatic rings. The fraction of sp³-hybridized carbons (Fsp3) is 0.560. The number of nitrogens with zero attached hydrogens (tertiary/aromatic N) is 3. The summed E-state index contributed by atoms with van der Waals surface area (Å²) in [5, 5.41) is 15.1. The Morgan fingerprint density at radius 2 is 2.06 bits per heavy atom. The highest BCUT2D eigenvalue weighted by molar-refractivity contribution is 5.68. The fourth-order valence-corrected chi connectivity index (χ4v) is 4.42. The molecule has 8 nitrogen and oxygen atoms in total. The molecule has 2 atom stereocenters. The molecule has 1 aromatic carbocycles. The molecule has 0 radical (unpaired) electrons. The third-order valence-corrected chi connectivity index (χ3v) is 6.00. The van der Waals surface area contributed by atoms with Crippen molar-refractivity contribution in [3.8, 4) is 11.3 Å². The van der Waals surface area contributed by atoms with Crippen molar-refractivity contribution in [1.29, 1.82) is 0 Å². The van der Waals surface area contributed by atoms with Gasteiger partial charge in [-0.2, -0.15) is 0 Å². The van der Waals surface area contributed by atoms with Crippen LogP contribution in [0.25, 0.3) is 11.3 Å². The summed E-state index contributed by atoms with van der Waals surface area (Å²) in [5.41, 5.74) is 2.88. The number of aliphatic hydroxyl groups is 1. The summed E-state index contributed by atoms with van der Waals surface area (Å²) < 4.78 is 22.8. The Bertz CT molecular complexity index is 847. The van der Waals surface area contributed by atoms with Crippen LogP contribution in [0.5, 0.6) is 0 Å². The molecule has 1 N–H and O–H groups in total. The molecule has 8 heteroatoms. The summed E-state index contributed by atoms with van der Waals surface area (Å²) in [5.74, 6) is 0.784. The fourth-order valence-electron chi connectivity index (χ4n) is 4.42. The van der Waals surface area contributed by atoms with Crippen LogP contribution in [0.2, 0.25) is 0 Å². The van der Waals surface area contributed by atoms with Gasteiger partial charge in [-0.1, -0.05) is 41.6 Å². The molecule has 33 heavy (non-hydrogen) atoms. The minimum Gasteiger partial charge on any atom is -0.389 e. The molecule has 2 fully saturated rings. The molecule has 0 saturated carbocycles. The SMILES string of the molecule is C=CCOC[C@H](O)CN(Cc1c(-c2ccccc2)noc1N1CCOCC1)C[C@H]1CCCO1. The summed E-state index contributed by atoms with van der Waals surface area (Å²) in [6.07, 6.45) is 3.35. The van der Waals surface area contributed by atoms with Crippen LogP contribution >= 0.6 is 0 Å². The van der Waals surface area contributed by atoms with E-state index in [2.05, 4.69) is 21.5 Å². The lowest BCUT2D eigenvalue weighted by atomic mass is 10.1. The van der Waals surface area contributed by atoms with Crippen molar-refractivity contribution in [3.63, 3.8) is 0 Å². The summed E-state index contributed by atoms with van der Waals surface area (Å²) in [6.45, 7) is 9.81. The maximum Gasteiger partial charge on any atom is 0.232 e. The quantitative estimate of drug-likeness (QED) is 0.385. The van der Waals surface area contributed by atoms with Crippen LogP contribution in [0, 0.1) is 0 Å². The first-order valence-corrected chi connectivity index (χ1v) is 11.8. The first-order chi connectivity index (χ1) is 16.2. The van der Waals surface area contributed by atoms with Crippen LogP contribution in [-0.4, -0.2) is 86.6 Å². The molecule has 180 valence electrons. The van der Waals surface area contributed by atoms with Crippen molar-refractivity contribution in [2.45, 2.75) is 31.6 Å². The maximum atomic E-state index is 10.6. The van der Waals surface area contributed by atoms with Gasteiger partial charge in [-0.15, -0.1) is 6.58 Å². The first kappa shape index (κ1) is 23.9. The summed E-state index contributed by atoms with van der Waals surface area (Å²) >= 11 is 0. The Kier molecular flexibility index (Phi) is 8.91. The van der Waals surface area contributed by atoms with Crippen molar-refractivity contribution in [2.75, 3.05) is 64.1 Å². The minimum atomic E-state index is -0.613. The third-order valence-electron chi connectivity index (χ3n) is 6.00. The third kappa shape index (κ3) is 6.65. The Morgan fingerprint density at radius 1 is 1.24 bits per heavy atom. The van der Waals surface area contributed by atoms with Gasteiger partial charge in [-0.05, 0) is 12.8 Å². The molecule has 0 amide bonds. The molecule has 4 rings (SSSR count). The topological polar surface area (TPSA) is 80.4 Å². The van der Waals surface area contributed by atoms with Crippen LogP contribution in [-0.2, 0) is 20.8 Å². The van der Waals surface area contributed by atoms with E-state index in [4.69, 9.17) is 18.7 Å². The van der Waals surface area contributed by atoms with Crippen LogP contribution in [0.1, 0.15) is 18.4 Å². The Labute approximate surface area is 195 Å². The number of ether oxygens (including phenoxy) is 3. The largest absolute Gasteiger partial charge is 0.389 e. The predicted octanol–water partition coefficient (Wildman–Crippen LogP) is 2.72. The van der Waals surface area contributed by atoms with Gasteiger partial charge in [0, 0.05) is 44.9 Å². The lowest BCUT2D eigenvalue weighted by Crippen LogP contribution is -2.40. The van der Waals surface area contributed by atoms with E-state index >= 15 is 0 Å². The van der Waals surface area contributed by atoms with Gasteiger partial charge in [0.05, 0.1) is 44.2 Å². The zero-order valence-corrected chi connectivity index (χ0v) is 19.2. The summed E-state index contributed by atoms with van der Waals surface area (Å²) in [6, 6.07) is 10.1. The van der Waals surface area contributed by atoms with Crippen LogP contribution in [0.4, 0.5) is 5.88 Å². The second-order valence-electron chi connectivity index (χ2n) is 8.59. The van der Waals surface area contributed by atoms with E-state index in [1.807, 2.05) is 30.3 Å². The van der Waals surface area contributed by atoms with Crippen LogP contribution in [0.3, 0.4) is 0 Å². The van der Waals surface area contributed by atoms with E-state index in [0.29, 0.717) is 32.9 Å². The number of benzene rings is 1. The maximum absolute atomic E-state index is 10.6. The highest BCUT2D eigenvalue weighted by Gasteiger charge is 2.28. The number of hydrogen-bond acceptors (Lipinski definition) is 8. The molecule has 0 bridgehead atoms. The smallest absolute Gasteiger partial charge is 0.232 e. The van der Waals surface area contributed by atoms with E-state index < -0.39 is 6.10 Å². The van der Waals surface area contributed by atoms with Gasteiger partial charge < -0.3 is 28.7 Å². The predicted molar refractivity (Wildman–Crippen MR) is 126 cm³/mol. The molecule has 1 aromatic heterocycles. The van der Waals surface area contributed by atoms with E-state index in [1.165, 1.54) is 0 Å². The number of morpholine rings is 1. The van der Waals surface area contributed by atoms with Gasteiger partial charge in [0.1, 0.15) is 5.69 Å².